The molecule has 0 atom stereocenters. The van der Waals surface area contributed by atoms with Crippen LogP contribution in [-0.2, 0) is 11.4 Å². The molecule has 0 heterocycles. The summed E-state index contributed by atoms with van der Waals surface area (Å²) in [5, 5.41) is 9.61. The molecule has 3 aromatic rings. The Morgan fingerprint density at radius 1 is 0.964 bits per heavy atom. The number of hydrogen-bond donors (Lipinski definition) is 1. The molecule has 3 rings (SSSR count). The van der Waals surface area contributed by atoms with Gasteiger partial charge in [0, 0.05) is 0 Å². The Morgan fingerprint density at radius 3 is 2.32 bits per heavy atom. The number of carboxylic acid groups (broad SMARTS) is 1. The lowest BCUT2D eigenvalue weighted by Gasteiger charge is -2.12. The third-order valence-electron chi connectivity index (χ3n) is 4.33. The molecule has 4 nitrogen and oxygen atoms in total. The summed E-state index contributed by atoms with van der Waals surface area (Å²) < 4.78 is 11.3. The van der Waals surface area contributed by atoms with E-state index in [9.17, 15) is 9.90 Å². The van der Waals surface area contributed by atoms with Crippen molar-refractivity contribution in [3.8, 4) is 11.5 Å². The SMILES string of the molecule is COc1ccc(/C=C(\C(=O)O)c2ccccc2)cc1OCc1ccc(C)cc1. The first-order valence-corrected chi connectivity index (χ1v) is 8.93. The number of aryl methyl sites for hydroxylation is 1. The third-order valence-corrected chi connectivity index (χ3v) is 4.33. The standard InChI is InChI=1S/C24H22O4/c1-17-8-10-18(11-9-17)16-28-23-15-19(12-13-22(23)27-2)14-21(24(25)26)20-6-4-3-5-7-20/h3-15H,16H2,1-2H3,(H,25,26)/b21-14-. The number of aliphatic carboxylic acids is 1. The monoisotopic (exact) mass is 374 g/mol. The second kappa shape index (κ2) is 8.91. The Hall–Kier alpha value is -3.53. The molecule has 0 aliphatic rings. The summed E-state index contributed by atoms with van der Waals surface area (Å²) >= 11 is 0. The maximum atomic E-state index is 11.7. The number of methoxy groups -OCH3 is 1. The van der Waals surface area contributed by atoms with Gasteiger partial charge in [0.2, 0.25) is 0 Å². The summed E-state index contributed by atoms with van der Waals surface area (Å²) in [6, 6.07) is 22.5. The van der Waals surface area contributed by atoms with Gasteiger partial charge >= 0.3 is 5.97 Å². The van der Waals surface area contributed by atoms with Crippen LogP contribution in [0.2, 0.25) is 0 Å². The van der Waals surface area contributed by atoms with Crippen LogP contribution in [0.4, 0.5) is 0 Å². The predicted octanol–water partition coefficient (Wildman–Crippen LogP) is 5.21. The molecule has 0 radical (unpaired) electrons. The Balaban J connectivity index is 1.89. The summed E-state index contributed by atoms with van der Waals surface area (Å²) in [5.74, 6) is 0.180. The molecule has 0 fully saturated rings. The molecule has 0 aliphatic carbocycles. The average Bonchev–Trinajstić information content (AvgIpc) is 2.72. The van der Waals surface area contributed by atoms with Crippen molar-refractivity contribution in [1.29, 1.82) is 0 Å². The number of carbonyl (C=O) groups is 1. The molecule has 142 valence electrons. The van der Waals surface area contributed by atoms with E-state index in [4.69, 9.17) is 9.47 Å². The molecule has 0 saturated carbocycles. The highest BCUT2D eigenvalue weighted by atomic mass is 16.5. The van der Waals surface area contributed by atoms with Crippen molar-refractivity contribution < 1.29 is 19.4 Å². The van der Waals surface area contributed by atoms with Crippen LogP contribution < -0.4 is 9.47 Å². The second-order valence-electron chi connectivity index (χ2n) is 6.41. The molecule has 0 spiro atoms. The first kappa shape index (κ1) is 19.2. The van der Waals surface area contributed by atoms with Crippen LogP contribution in [0.5, 0.6) is 11.5 Å². The van der Waals surface area contributed by atoms with Crippen LogP contribution in [0.25, 0.3) is 11.6 Å². The molecule has 4 heteroatoms. The number of rotatable bonds is 7. The molecule has 0 amide bonds. The Kier molecular flexibility index (Phi) is 6.12. The van der Waals surface area contributed by atoms with Crippen molar-refractivity contribution in [3.63, 3.8) is 0 Å². The molecule has 0 bridgehead atoms. The minimum atomic E-state index is -0.982. The fourth-order valence-corrected chi connectivity index (χ4v) is 2.79. The van der Waals surface area contributed by atoms with E-state index < -0.39 is 5.97 Å². The number of benzene rings is 3. The van der Waals surface area contributed by atoms with Crippen LogP contribution in [0.3, 0.4) is 0 Å². The lowest BCUT2D eigenvalue weighted by molar-refractivity contribution is -0.130. The van der Waals surface area contributed by atoms with E-state index in [1.807, 2.05) is 55.5 Å². The van der Waals surface area contributed by atoms with E-state index >= 15 is 0 Å². The molecule has 3 aromatic carbocycles. The van der Waals surface area contributed by atoms with Gasteiger partial charge in [0.15, 0.2) is 11.5 Å². The Morgan fingerprint density at radius 2 is 1.68 bits per heavy atom. The highest BCUT2D eigenvalue weighted by molar-refractivity contribution is 6.20. The van der Waals surface area contributed by atoms with Gasteiger partial charge in [-0.3, -0.25) is 0 Å². The van der Waals surface area contributed by atoms with E-state index in [1.54, 1.807) is 37.5 Å². The predicted molar refractivity (Wildman–Crippen MR) is 110 cm³/mol. The fraction of sp³-hybridized carbons (Fsp3) is 0.125. The van der Waals surface area contributed by atoms with E-state index in [-0.39, 0.29) is 5.57 Å². The van der Waals surface area contributed by atoms with Crippen LogP contribution in [-0.4, -0.2) is 18.2 Å². The van der Waals surface area contributed by atoms with E-state index in [0.717, 1.165) is 11.1 Å². The zero-order valence-corrected chi connectivity index (χ0v) is 15.9. The first-order chi connectivity index (χ1) is 13.6. The largest absolute Gasteiger partial charge is 0.493 e. The van der Waals surface area contributed by atoms with Crippen molar-refractivity contribution in [2.45, 2.75) is 13.5 Å². The fourth-order valence-electron chi connectivity index (χ4n) is 2.79. The molecule has 1 N–H and O–H groups in total. The van der Waals surface area contributed by atoms with Gasteiger partial charge in [-0.2, -0.15) is 0 Å². The first-order valence-electron chi connectivity index (χ1n) is 8.93. The lowest BCUT2D eigenvalue weighted by atomic mass is 10.0. The molecule has 0 unspecified atom stereocenters. The van der Waals surface area contributed by atoms with Crippen molar-refractivity contribution >= 4 is 17.6 Å². The molecular formula is C24H22O4. The van der Waals surface area contributed by atoms with E-state index in [2.05, 4.69) is 0 Å². The number of hydrogen-bond acceptors (Lipinski definition) is 3. The summed E-state index contributed by atoms with van der Waals surface area (Å²) in [7, 11) is 1.58. The minimum Gasteiger partial charge on any atom is -0.493 e. The van der Waals surface area contributed by atoms with Crippen LogP contribution in [0.1, 0.15) is 22.3 Å². The summed E-state index contributed by atoms with van der Waals surface area (Å²) in [5.41, 5.74) is 3.82. The van der Waals surface area contributed by atoms with Gasteiger partial charge in [0.25, 0.3) is 0 Å². The van der Waals surface area contributed by atoms with Crippen molar-refractivity contribution in [2.24, 2.45) is 0 Å². The van der Waals surface area contributed by atoms with Gasteiger partial charge in [0.1, 0.15) is 6.61 Å². The average molecular weight is 374 g/mol. The van der Waals surface area contributed by atoms with Gasteiger partial charge in [-0.05, 0) is 41.8 Å². The van der Waals surface area contributed by atoms with Gasteiger partial charge in [-0.15, -0.1) is 0 Å². The highest BCUT2D eigenvalue weighted by Crippen LogP contribution is 2.30. The lowest BCUT2D eigenvalue weighted by Crippen LogP contribution is -2.00. The van der Waals surface area contributed by atoms with E-state index in [1.165, 1.54) is 5.56 Å². The van der Waals surface area contributed by atoms with Gasteiger partial charge in [-0.1, -0.05) is 66.2 Å². The van der Waals surface area contributed by atoms with Crippen molar-refractivity contribution in [3.05, 3.63) is 95.1 Å². The maximum Gasteiger partial charge on any atom is 0.336 e. The third kappa shape index (κ3) is 4.80. The second-order valence-corrected chi connectivity index (χ2v) is 6.41. The van der Waals surface area contributed by atoms with Gasteiger partial charge in [0.05, 0.1) is 12.7 Å². The number of carboxylic acids is 1. The van der Waals surface area contributed by atoms with Gasteiger partial charge in [-0.25, -0.2) is 4.79 Å². The molecule has 0 aliphatic heterocycles. The zero-order valence-electron chi connectivity index (χ0n) is 15.9. The van der Waals surface area contributed by atoms with Crippen LogP contribution in [0.15, 0.2) is 72.8 Å². The number of ether oxygens (including phenoxy) is 2. The molecular weight excluding hydrogens is 352 g/mol. The van der Waals surface area contributed by atoms with Crippen LogP contribution in [0, 0.1) is 6.92 Å². The highest BCUT2D eigenvalue weighted by Gasteiger charge is 2.12. The van der Waals surface area contributed by atoms with Crippen molar-refractivity contribution in [1.82, 2.24) is 0 Å². The maximum absolute atomic E-state index is 11.7. The Labute approximate surface area is 164 Å². The quantitative estimate of drug-likeness (QED) is 0.456. The Bertz CT molecular complexity index is 973. The molecule has 0 saturated heterocycles. The normalized spacial score (nSPS) is 11.1. The molecule has 0 aromatic heterocycles. The van der Waals surface area contributed by atoms with Crippen molar-refractivity contribution in [2.75, 3.05) is 7.11 Å². The summed E-state index contributed by atoms with van der Waals surface area (Å²) in [6.45, 7) is 2.44. The smallest absolute Gasteiger partial charge is 0.336 e. The molecule has 28 heavy (non-hydrogen) atoms. The topological polar surface area (TPSA) is 55.8 Å². The minimum absolute atomic E-state index is 0.218. The van der Waals surface area contributed by atoms with Crippen LogP contribution >= 0.6 is 0 Å². The summed E-state index contributed by atoms with van der Waals surface area (Å²) in [4.78, 5) is 11.7. The zero-order chi connectivity index (χ0) is 19.9. The van der Waals surface area contributed by atoms with E-state index in [0.29, 0.717) is 23.7 Å². The van der Waals surface area contributed by atoms with Gasteiger partial charge < -0.3 is 14.6 Å². The summed E-state index contributed by atoms with van der Waals surface area (Å²) in [6.07, 6.45) is 1.63.